The highest BCUT2D eigenvalue weighted by atomic mass is 16.5. The summed E-state index contributed by atoms with van der Waals surface area (Å²) in [4.78, 5) is 21.9. The van der Waals surface area contributed by atoms with Crippen LogP contribution in [0.5, 0.6) is 0 Å². The van der Waals surface area contributed by atoms with Crippen molar-refractivity contribution >= 4 is 5.97 Å². The van der Waals surface area contributed by atoms with Gasteiger partial charge in [0.25, 0.3) is 0 Å². The highest BCUT2D eigenvalue weighted by molar-refractivity contribution is 5.90. The van der Waals surface area contributed by atoms with Gasteiger partial charge in [-0.15, -0.1) is 0 Å². The van der Waals surface area contributed by atoms with Crippen molar-refractivity contribution in [1.82, 2.24) is 4.57 Å². The van der Waals surface area contributed by atoms with Gasteiger partial charge in [-0.2, -0.15) is 4.91 Å². The van der Waals surface area contributed by atoms with Crippen LogP contribution in [-0.4, -0.2) is 17.6 Å². The third-order valence-electron chi connectivity index (χ3n) is 2.55. The largest absolute Gasteiger partial charge is 0.465 e. The minimum Gasteiger partial charge on any atom is -0.465 e. The Kier molecular flexibility index (Phi) is 3.52. The highest BCUT2D eigenvalue weighted by Crippen LogP contribution is 2.16. The van der Waals surface area contributed by atoms with Crippen LogP contribution >= 0.6 is 0 Å². The lowest BCUT2D eigenvalue weighted by Gasteiger charge is -2.08. The number of hydrogen-bond donors (Lipinski definition) is 0. The van der Waals surface area contributed by atoms with E-state index in [-0.39, 0.29) is 6.54 Å². The van der Waals surface area contributed by atoms with E-state index in [2.05, 4.69) is 9.91 Å². The first-order chi connectivity index (χ1) is 8.74. The molecule has 18 heavy (non-hydrogen) atoms. The number of carbonyl (C=O) groups is 1. The van der Waals surface area contributed by atoms with E-state index < -0.39 is 5.97 Å². The van der Waals surface area contributed by atoms with E-state index in [9.17, 15) is 9.70 Å². The molecule has 0 unspecified atom stereocenters. The summed E-state index contributed by atoms with van der Waals surface area (Å²) in [5, 5.41) is 2.84. The zero-order valence-electron chi connectivity index (χ0n) is 9.87. The lowest BCUT2D eigenvalue weighted by molar-refractivity contribution is 0.0600. The van der Waals surface area contributed by atoms with Gasteiger partial charge in [-0.25, -0.2) is 4.79 Å². The van der Waals surface area contributed by atoms with E-state index in [1.807, 2.05) is 35.2 Å². The maximum absolute atomic E-state index is 11.6. The van der Waals surface area contributed by atoms with Gasteiger partial charge in [0.2, 0.25) is 0 Å². The molecule has 2 aromatic rings. The van der Waals surface area contributed by atoms with Gasteiger partial charge in [0, 0.05) is 18.1 Å². The van der Waals surface area contributed by atoms with Crippen LogP contribution in [0, 0.1) is 4.91 Å². The molecule has 0 saturated heterocycles. The smallest absolute Gasteiger partial charge is 0.337 e. The summed E-state index contributed by atoms with van der Waals surface area (Å²) < 4.78 is 6.53. The minimum absolute atomic E-state index is 0.0269. The lowest BCUT2D eigenvalue weighted by Crippen LogP contribution is -2.04. The maximum atomic E-state index is 11.6. The fourth-order valence-electron chi connectivity index (χ4n) is 1.73. The van der Waals surface area contributed by atoms with Crippen molar-refractivity contribution < 1.29 is 9.53 Å². The zero-order chi connectivity index (χ0) is 13.0. The normalized spacial score (nSPS) is 10.1. The molecular formula is C13H12N2O3. The van der Waals surface area contributed by atoms with E-state index >= 15 is 0 Å². The fourth-order valence-corrected chi connectivity index (χ4v) is 1.73. The summed E-state index contributed by atoms with van der Waals surface area (Å²) in [6, 6.07) is 8.89. The molecule has 0 atom stereocenters. The number of ether oxygens (including phenoxy) is 1. The molecule has 0 aliphatic carbocycles. The first-order valence-electron chi connectivity index (χ1n) is 5.39. The van der Waals surface area contributed by atoms with Gasteiger partial charge in [0.05, 0.1) is 12.7 Å². The second-order valence-corrected chi connectivity index (χ2v) is 3.76. The molecular weight excluding hydrogens is 232 g/mol. The third-order valence-corrected chi connectivity index (χ3v) is 2.55. The summed E-state index contributed by atoms with van der Waals surface area (Å²) in [6.07, 6.45) is 3.71. The standard InChI is InChI=1S/C13H12N2O3/c1-18-13(16)11-6-10(9-14-17)7-12(8-11)15-4-2-3-5-15/h2-8H,9H2,1H3. The molecule has 0 N–H and O–H groups in total. The Balaban J connectivity index is 2.49. The van der Waals surface area contributed by atoms with Gasteiger partial charge in [-0.05, 0) is 35.9 Å². The number of benzene rings is 1. The van der Waals surface area contributed by atoms with Crippen molar-refractivity contribution in [3.8, 4) is 5.69 Å². The molecule has 0 fully saturated rings. The van der Waals surface area contributed by atoms with E-state index in [4.69, 9.17) is 0 Å². The molecule has 0 bridgehead atoms. The number of nitrogens with zero attached hydrogens (tertiary/aromatic N) is 2. The molecule has 0 spiro atoms. The van der Waals surface area contributed by atoms with Crippen molar-refractivity contribution in [2.75, 3.05) is 7.11 Å². The summed E-state index contributed by atoms with van der Waals surface area (Å²) in [5.74, 6) is -0.434. The number of esters is 1. The Morgan fingerprint density at radius 2 is 2.00 bits per heavy atom. The van der Waals surface area contributed by atoms with Gasteiger partial charge in [0.1, 0.15) is 6.54 Å². The van der Waals surface area contributed by atoms with Crippen molar-refractivity contribution in [3.63, 3.8) is 0 Å². The van der Waals surface area contributed by atoms with Gasteiger partial charge in [0.15, 0.2) is 0 Å². The summed E-state index contributed by atoms with van der Waals surface area (Å²) in [7, 11) is 1.32. The molecule has 0 amide bonds. The molecule has 0 radical (unpaired) electrons. The molecule has 1 aromatic heterocycles. The molecule has 1 aromatic carbocycles. The van der Waals surface area contributed by atoms with Crippen LogP contribution in [0.4, 0.5) is 0 Å². The van der Waals surface area contributed by atoms with Crippen molar-refractivity contribution in [3.05, 3.63) is 58.8 Å². The van der Waals surface area contributed by atoms with Crippen molar-refractivity contribution in [1.29, 1.82) is 0 Å². The highest BCUT2D eigenvalue weighted by Gasteiger charge is 2.09. The predicted octanol–water partition coefficient (Wildman–Crippen LogP) is 2.53. The first kappa shape index (κ1) is 12.0. The summed E-state index contributed by atoms with van der Waals surface area (Å²) in [6.45, 7) is 0.0269. The van der Waals surface area contributed by atoms with Crippen LogP contribution in [0.2, 0.25) is 0 Å². The van der Waals surface area contributed by atoms with E-state index in [1.54, 1.807) is 12.1 Å². The summed E-state index contributed by atoms with van der Waals surface area (Å²) >= 11 is 0. The third kappa shape index (κ3) is 2.45. The Labute approximate surface area is 104 Å². The Hall–Kier alpha value is -2.43. The topological polar surface area (TPSA) is 60.7 Å². The quantitative estimate of drug-likeness (QED) is 0.613. The van der Waals surface area contributed by atoms with Crippen LogP contribution in [0.15, 0.2) is 47.9 Å². The first-order valence-corrected chi connectivity index (χ1v) is 5.39. The molecule has 5 nitrogen and oxygen atoms in total. The molecule has 0 saturated carbocycles. The zero-order valence-corrected chi connectivity index (χ0v) is 9.87. The fraction of sp³-hybridized carbons (Fsp3) is 0.154. The number of methoxy groups -OCH3 is 1. The van der Waals surface area contributed by atoms with Crippen LogP contribution in [0.3, 0.4) is 0 Å². The Morgan fingerprint density at radius 3 is 2.61 bits per heavy atom. The van der Waals surface area contributed by atoms with E-state index in [1.165, 1.54) is 7.11 Å². The second kappa shape index (κ2) is 5.27. The number of nitroso groups, excluding NO2 is 1. The molecule has 0 aliphatic heterocycles. The van der Waals surface area contributed by atoms with Crippen LogP contribution in [0.25, 0.3) is 5.69 Å². The molecule has 92 valence electrons. The van der Waals surface area contributed by atoms with Gasteiger partial charge >= 0.3 is 5.97 Å². The predicted molar refractivity (Wildman–Crippen MR) is 66.6 cm³/mol. The number of carbonyl (C=O) groups excluding carboxylic acids is 1. The summed E-state index contributed by atoms with van der Waals surface area (Å²) in [5.41, 5.74) is 1.88. The number of rotatable bonds is 4. The minimum atomic E-state index is -0.434. The van der Waals surface area contributed by atoms with Crippen LogP contribution < -0.4 is 0 Å². The SMILES string of the molecule is COC(=O)c1cc(CN=O)cc(-n2cccc2)c1. The molecule has 1 heterocycles. The van der Waals surface area contributed by atoms with E-state index in [0.717, 1.165) is 5.69 Å². The average molecular weight is 244 g/mol. The van der Waals surface area contributed by atoms with Crippen molar-refractivity contribution in [2.24, 2.45) is 5.18 Å². The van der Waals surface area contributed by atoms with E-state index in [0.29, 0.717) is 11.1 Å². The number of hydrogen-bond acceptors (Lipinski definition) is 4. The van der Waals surface area contributed by atoms with Gasteiger partial charge < -0.3 is 9.30 Å². The molecule has 0 aliphatic rings. The monoisotopic (exact) mass is 244 g/mol. The van der Waals surface area contributed by atoms with Crippen molar-refractivity contribution in [2.45, 2.75) is 6.54 Å². The van der Waals surface area contributed by atoms with Gasteiger partial charge in [-0.1, -0.05) is 5.18 Å². The van der Waals surface area contributed by atoms with Gasteiger partial charge in [-0.3, -0.25) is 0 Å². The van der Waals surface area contributed by atoms with Crippen LogP contribution in [-0.2, 0) is 11.3 Å². The maximum Gasteiger partial charge on any atom is 0.337 e. The second-order valence-electron chi connectivity index (χ2n) is 3.76. The average Bonchev–Trinajstić information content (AvgIpc) is 2.91. The number of aromatic nitrogens is 1. The Morgan fingerprint density at radius 1 is 1.28 bits per heavy atom. The molecule has 2 rings (SSSR count). The Bertz CT molecular complexity index is 562. The lowest BCUT2D eigenvalue weighted by atomic mass is 10.1. The molecule has 5 heteroatoms. The van der Waals surface area contributed by atoms with Crippen LogP contribution in [0.1, 0.15) is 15.9 Å².